The average molecular weight is 397 g/mol. The third-order valence-electron chi connectivity index (χ3n) is 4.52. The van der Waals surface area contributed by atoms with E-state index in [4.69, 9.17) is 4.74 Å². The highest BCUT2D eigenvalue weighted by Crippen LogP contribution is 2.21. The lowest BCUT2D eigenvalue weighted by molar-refractivity contribution is -0.133. The highest BCUT2D eigenvalue weighted by atomic mass is 16.5. The molecule has 0 fully saturated rings. The van der Waals surface area contributed by atoms with E-state index in [9.17, 15) is 14.4 Å². The summed E-state index contributed by atoms with van der Waals surface area (Å²) in [6.07, 6.45) is -0.813. The molecule has 0 saturated carbocycles. The van der Waals surface area contributed by atoms with Gasteiger partial charge in [0.1, 0.15) is 5.75 Å². The normalized spacial score (nSPS) is 12.4. The van der Waals surface area contributed by atoms with Crippen LogP contribution >= 0.6 is 0 Å². The van der Waals surface area contributed by atoms with Crippen LogP contribution in [-0.4, -0.2) is 23.8 Å². The van der Waals surface area contributed by atoms with Gasteiger partial charge in [0, 0.05) is 6.92 Å². The maximum absolute atomic E-state index is 12.3. The second-order valence-electron chi connectivity index (χ2n) is 6.86. The predicted molar refractivity (Wildman–Crippen MR) is 110 cm³/mol. The number of hydrogen-bond acceptors (Lipinski definition) is 4. The van der Waals surface area contributed by atoms with E-state index < -0.39 is 24.0 Å². The minimum Gasteiger partial charge on any atom is -0.481 e. The second kappa shape index (κ2) is 10.3. The molecule has 0 spiro atoms. The van der Waals surface area contributed by atoms with Gasteiger partial charge in [-0.15, -0.1) is 0 Å². The van der Waals surface area contributed by atoms with Gasteiger partial charge >= 0.3 is 0 Å². The third-order valence-corrected chi connectivity index (χ3v) is 4.52. The Bertz CT molecular complexity index is 868. The molecule has 0 aromatic heterocycles. The Kier molecular flexibility index (Phi) is 7.77. The molecular formula is C22H27N3O4. The molecule has 0 aliphatic rings. The smallest absolute Gasteiger partial charge is 0.279 e. The number of hydrazine groups is 1. The lowest BCUT2D eigenvalue weighted by Gasteiger charge is -2.19. The molecule has 7 nitrogen and oxygen atoms in total. The van der Waals surface area contributed by atoms with E-state index in [1.54, 1.807) is 13.0 Å². The predicted octanol–water partition coefficient (Wildman–Crippen LogP) is 2.49. The van der Waals surface area contributed by atoms with Gasteiger partial charge in [0.05, 0.1) is 12.5 Å². The van der Waals surface area contributed by atoms with E-state index in [2.05, 4.69) is 16.2 Å². The molecule has 0 saturated heterocycles. The zero-order valence-electron chi connectivity index (χ0n) is 17.1. The van der Waals surface area contributed by atoms with Crippen LogP contribution in [0.5, 0.6) is 5.75 Å². The van der Waals surface area contributed by atoms with E-state index in [1.807, 2.05) is 56.3 Å². The van der Waals surface area contributed by atoms with Gasteiger partial charge in [-0.3, -0.25) is 25.2 Å². The molecule has 0 aliphatic heterocycles. The highest BCUT2D eigenvalue weighted by molar-refractivity contribution is 5.85. The number of amides is 3. The minimum atomic E-state index is -0.795. The third kappa shape index (κ3) is 6.64. The lowest BCUT2D eigenvalue weighted by atomic mass is 10.0. The Morgan fingerprint density at radius 3 is 2.31 bits per heavy atom. The van der Waals surface area contributed by atoms with Crippen molar-refractivity contribution in [2.24, 2.45) is 0 Å². The quantitative estimate of drug-likeness (QED) is 0.626. The van der Waals surface area contributed by atoms with E-state index in [0.29, 0.717) is 5.75 Å². The van der Waals surface area contributed by atoms with E-state index in [1.165, 1.54) is 6.92 Å². The summed E-state index contributed by atoms with van der Waals surface area (Å²) >= 11 is 0. The SMILES string of the molecule is CC(=O)N[C@@H](CC(=O)NNC(=O)[C@@H](C)Oc1cccc(C)c1C)c1ccccc1. The zero-order chi connectivity index (χ0) is 21.4. The topological polar surface area (TPSA) is 96.5 Å². The molecule has 3 N–H and O–H groups in total. The molecule has 154 valence electrons. The fraction of sp³-hybridized carbons (Fsp3) is 0.318. The van der Waals surface area contributed by atoms with E-state index in [-0.39, 0.29) is 12.3 Å². The van der Waals surface area contributed by atoms with Crippen LogP contribution in [0.3, 0.4) is 0 Å². The van der Waals surface area contributed by atoms with Gasteiger partial charge in [-0.1, -0.05) is 42.5 Å². The number of benzene rings is 2. The van der Waals surface area contributed by atoms with Crippen LogP contribution in [0.4, 0.5) is 0 Å². The number of carbonyl (C=O) groups excluding carboxylic acids is 3. The number of ether oxygens (including phenoxy) is 1. The van der Waals surface area contributed by atoms with Crippen molar-refractivity contribution in [2.45, 2.75) is 46.3 Å². The maximum atomic E-state index is 12.3. The second-order valence-corrected chi connectivity index (χ2v) is 6.86. The van der Waals surface area contributed by atoms with Gasteiger partial charge in [-0.2, -0.15) is 0 Å². The Hall–Kier alpha value is -3.35. The Labute approximate surface area is 170 Å². The minimum absolute atomic E-state index is 0.0178. The van der Waals surface area contributed by atoms with Gasteiger partial charge < -0.3 is 10.1 Å². The summed E-state index contributed by atoms with van der Waals surface area (Å²) in [5.41, 5.74) is 7.57. The van der Waals surface area contributed by atoms with Gasteiger partial charge in [-0.25, -0.2) is 0 Å². The molecule has 2 rings (SSSR count). The average Bonchev–Trinajstić information content (AvgIpc) is 2.69. The van der Waals surface area contributed by atoms with Crippen LogP contribution in [0.2, 0.25) is 0 Å². The molecule has 0 heterocycles. The van der Waals surface area contributed by atoms with Gasteiger partial charge in [0.2, 0.25) is 11.8 Å². The summed E-state index contributed by atoms with van der Waals surface area (Å²) in [6.45, 7) is 6.88. The van der Waals surface area contributed by atoms with Crippen LogP contribution in [0.1, 0.15) is 43.0 Å². The Balaban J connectivity index is 1.90. The number of nitrogens with one attached hydrogen (secondary N) is 3. The van der Waals surface area contributed by atoms with Crippen LogP contribution in [0.15, 0.2) is 48.5 Å². The largest absolute Gasteiger partial charge is 0.481 e. The van der Waals surface area contributed by atoms with Crippen molar-refractivity contribution < 1.29 is 19.1 Å². The molecular weight excluding hydrogens is 370 g/mol. The van der Waals surface area contributed by atoms with Crippen molar-refractivity contribution in [1.82, 2.24) is 16.2 Å². The fourth-order valence-electron chi connectivity index (χ4n) is 2.75. The summed E-state index contributed by atoms with van der Waals surface area (Å²) in [5, 5.41) is 2.74. The van der Waals surface area contributed by atoms with Gasteiger partial charge in [0.15, 0.2) is 6.10 Å². The molecule has 2 atom stereocenters. The van der Waals surface area contributed by atoms with Crippen LogP contribution in [0.25, 0.3) is 0 Å². The first-order valence-corrected chi connectivity index (χ1v) is 9.41. The molecule has 29 heavy (non-hydrogen) atoms. The Morgan fingerprint density at radius 2 is 1.66 bits per heavy atom. The monoisotopic (exact) mass is 397 g/mol. The first-order valence-electron chi connectivity index (χ1n) is 9.41. The van der Waals surface area contributed by atoms with Crippen LogP contribution < -0.4 is 20.9 Å². The molecule has 3 amide bonds. The van der Waals surface area contributed by atoms with Crippen molar-refractivity contribution in [3.05, 3.63) is 65.2 Å². The van der Waals surface area contributed by atoms with Crippen molar-refractivity contribution in [3.8, 4) is 5.75 Å². The van der Waals surface area contributed by atoms with Crippen molar-refractivity contribution in [2.75, 3.05) is 0 Å². The Morgan fingerprint density at radius 1 is 0.966 bits per heavy atom. The first kappa shape index (κ1) is 21.9. The first-order chi connectivity index (χ1) is 13.8. The number of aryl methyl sites for hydroxylation is 1. The number of hydrogen-bond donors (Lipinski definition) is 3. The fourth-order valence-corrected chi connectivity index (χ4v) is 2.75. The van der Waals surface area contributed by atoms with Crippen LogP contribution in [-0.2, 0) is 14.4 Å². The number of rotatable bonds is 7. The van der Waals surface area contributed by atoms with Crippen molar-refractivity contribution in [1.29, 1.82) is 0 Å². The molecule has 0 radical (unpaired) electrons. The standard InChI is InChI=1S/C22H27N3O4/c1-14-9-8-12-20(15(14)2)29-16(3)22(28)25-24-21(27)13-19(23-17(4)26)18-10-6-5-7-11-18/h5-12,16,19H,13H2,1-4H3,(H,23,26)(H,24,27)(H,25,28)/t16-,19+/m1/s1. The lowest BCUT2D eigenvalue weighted by Crippen LogP contribution is -2.48. The maximum Gasteiger partial charge on any atom is 0.279 e. The molecule has 2 aromatic carbocycles. The van der Waals surface area contributed by atoms with E-state index in [0.717, 1.165) is 16.7 Å². The molecule has 0 bridgehead atoms. The van der Waals surface area contributed by atoms with Crippen LogP contribution in [0, 0.1) is 13.8 Å². The van der Waals surface area contributed by atoms with Crippen molar-refractivity contribution >= 4 is 17.7 Å². The molecule has 0 unspecified atom stereocenters. The molecule has 2 aromatic rings. The number of carbonyl (C=O) groups is 3. The summed E-state index contributed by atoms with van der Waals surface area (Å²) in [5.74, 6) is -0.532. The van der Waals surface area contributed by atoms with Crippen molar-refractivity contribution in [3.63, 3.8) is 0 Å². The summed E-state index contributed by atoms with van der Waals surface area (Å²) < 4.78 is 5.70. The highest BCUT2D eigenvalue weighted by Gasteiger charge is 2.20. The summed E-state index contributed by atoms with van der Waals surface area (Å²) in [7, 11) is 0. The molecule has 7 heteroatoms. The zero-order valence-corrected chi connectivity index (χ0v) is 17.1. The summed E-state index contributed by atoms with van der Waals surface area (Å²) in [6, 6.07) is 14.3. The van der Waals surface area contributed by atoms with Gasteiger partial charge in [-0.05, 0) is 43.5 Å². The van der Waals surface area contributed by atoms with Gasteiger partial charge in [0.25, 0.3) is 5.91 Å². The van der Waals surface area contributed by atoms with E-state index >= 15 is 0 Å². The molecule has 0 aliphatic carbocycles. The summed E-state index contributed by atoms with van der Waals surface area (Å²) in [4.78, 5) is 36.0.